The van der Waals surface area contributed by atoms with Crippen LogP contribution in [0, 0.1) is 0 Å². The van der Waals surface area contributed by atoms with E-state index in [1.165, 1.54) is 19.1 Å². The van der Waals surface area contributed by atoms with Crippen molar-refractivity contribution in [1.82, 2.24) is 16.0 Å². The lowest BCUT2D eigenvalue weighted by atomic mass is 10.0. The Labute approximate surface area is 222 Å². The standard InChI is InChI=1S/C27H37N5O6/c1-17(29)24(34)30-21(9-5-6-14-28)25(35)31-22(15-18-7-3-2-4-8-18)26(36)32-23(27(37)38)16-19-10-12-20(33)13-11-19/h2-4,7-8,10-13,17,21-23,33H,5-6,9,14-16,28-29H2,1H3,(H,30,34)(H,31,35)(H,32,36)(H,37,38). The van der Waals surface area contributed by atoms with E-state index >= 15 is 0 Å². The van der Waals surface area contributed by atoms with Crippen LogP contribution in [0.5, 0.6) is 5.75 Å². The molecule has 0 aliphatic rings. The summed E-state index contributed by atoms with van der Waals surface area (Å²) >= 11 is 0. The number of phenolic OH excluding ortho intramolecular Hbond substituents is 1. The highest BCUT2D eigenvalue weighted by Gasteiger charge is 2.30. The van der Waals surface area contributed by atoms with Gasteiger partial charge < -0.3 is 37.6 Å². The van der Waals surface area contributed by atoms with Gasteiger partial charge in [0.05, 0.1) is 6.04 Å². The van der Waals surface area contributed by atoms with Crippen molar-refractivity contribution in [2.75, 3.05) is 6.54 Å². The minimum absolute atomic E-state index is 0.0283. The number of hydrogen-bond donors (Lipinski definition) is 7. The zero-order valence-electron chi connectivity index (χ0n) is 21.4. The minimum Gasteiger partial charge on any atom is -0.508 e. The molecule has 0 spiro atoms. The van der Waals surface area contributed by atoms with Crippen molar-refractivity contribution in [3.8, 4) is 5.75 Å². The van der Waals surface area contributed by atoms with Crippen LogP contribution in [-0.4, -0.2) is 64.6 Å². The highest BCUT2D eigenvalue weighted by molar-refractivity contribution is 5.94. The third-order valence-corrected chi connectivity index (χ3v) is 5.90. The number of phenols is 1. The molecule has 0 fully saturated rings. The van der Waals surface area contributed by atoms with Crippen LogP contribution in [0.2, 0.25) is 0 Å². The number of nitrogens with two attached hydrogens (primary N) is 2. The molecule has 3 amide bonds. The number of benzene rings is 2. The molecule has 11 nitrogen and oxygen atoms in total. The van der Waals surface area contributed by atoms with E-state index in [0.717, 1.165) is 5.56 Å². The molecule has 11 heteroatoms. The van der Waals surface area contributed by atoms with Crippen molar-refractivity contribution >= 4 is 23.7 Å². The third-order valence-electron chi connectivity index (χ3n) is 5.90. The van der Waals surface area contributed by atoms with Gasteiger partial charge >= 0.3 is 5.97 Å². The van der Waals surface area contributed by atoms with Gasteiger partial charge in [0.1, 0.15) is 23.9 Å². The second-order valence-electron chi connectivity index (χ2n) is 9.16. The summed E-state index contributed by atoms with van der Waals surface area (Å²) in [6, 6.07) is 10.8. The maximum absolute atomic E-state index is 13.3. The molecule has 0 saturated carbocycles. The summed E-state index contributed by atoms with van der Waals surface area (Å²) in [4.78, 5) is 50.7. The molecular formula is C27H37N5O6. The van der Waals surface area contributed by atoms with Gasteiger partial charge in [-0.05, 0) is 56.0 Å². The number of aliphatic carboxylic acids is 1. The number of carboxylic acid groups (broad SMARTS) is 1. The van der Waals surface area contributed by atoms with Gasteiger partial charge in [-0.15, -0.1) is 0 Å². The zero-order valence-corrected chi connectivity index (χ0v) is 21.4. The normalized spacial score (nSPS) is 14.0. The largest absolute Gasteiger partial charge is 0.508 e. The molecule has 2 aromatic rings. The van der Waals surface area contributed by atoms with Crippen molar-refractivity contribution in [3.63, 3.8) is 0 Å². The number of nitrogens with one attached hydrogen (secondary N) is 3. The quantitative estimate of drug-likeness (QED) is 0.159. The molecule has 0 heterocycles. The van der Waals surface area contributed by atoms with Crippen molar-refractivity contribution < 1.29 is 29.4 Å². The van der Waals surface area contributed by atoms with Crippen LogP contribution in [0.25, 0.3) is 0 Å². The molecule has 0 aliphatic carbocycles. The van der Waals surface area contributed by atoms with E-state index < -0.39 is 47.9 Å². The lowest BCUT2D eigenvalue weighted by Gasteiger charge is -2.25. The van der Waals surface area contributed by atoms with E-state index in [2.05, 4.69) is 16.0 Å². The second-order valence-corrected chi connectivity index (χ2v) is 9.16. The highest BCUT2D eigenvalue weighted by Crippen LogP contribution is 2.12. The molecule has 0 radical (unpaired) electrons. The molecule has 38 heavy (non-hydrogen) atoms. The van der Waals surface area contributed by atoms with Gasteiger partial charge in [0, 0.05) is 12.8 Å². The lowest BCUT2D eigenvalue weighted by Crippen LogP contribution is -2.57. The lowest BCUT2D eigenvalue weighted by molar-refractivity contribution is -0.142. The average Bonchev–Trinajstić information content (AvgIpc) is 2.88. The van der Waals surface area contributed by atoms with Gasteiger partial charge in [-0.25, -0.2) is 4.79 Å². The highest BCUT2D eigenvalue weighted by atomic mass is 16.4. The van der Waals surface area contributed by atoms with Crippen molar-refractivity contribution in [3.05, 3.63) is 65.7 Å². The van der Waals surface area contributed by atoms with Crippen molar-refractivity contribution in [2.45, 2.75) is 63.2 Å². The fourth-order valence-corrected chi connectivity index (χ4v) is 3.74. The summed E-state index contributed by atoms with van der Waals surface area (Å²) in [6.07, 6.45) is 1.57. The number of carboxylic acids is 1. The Morgan fingerprint density at radius 3 is 1.87 bits per heavy atom. The first-order chi connectivity index (χ1) is 18.1. The Morgan fingerprint density at radius 1 is 0.763 bits per heavy atom. The monoisotopic (exact) mass is 527 g/mol. The van der Waals surface area contributed by atoms with Crippen LogP contribution in [0.4, 0.5) is 0 Å². The topological polar surface area (TPSA) is 197 Å². The molecule has 4 unspecified atom stereocenters. The van der Waals surface area contributed by atoms with Gasteiger partial charge in [0.2, 0.25) is 17.7 Å². The van der Waals surface area contributed by atoms with E-state index in [-0.39, 0.29) is 18.6 Å². The van der Waals surface area contributed by atoms with Crippen LogP contribution < -0.4 is 27.4 Å². The summed E-state index contributed by atoms with van der Waals surface area (Å²) in [7, 11) is 0. The zero-order chi connectivity index (χ0) is 28.1. The number of carbonyl (C=O) groups excluding carboxylic acids is 3. The van der Waals surface area contributed by atoms with E-state index in [0.29, 0.717) is 31.4 Å². The van der Waals surface area contributed by atoms with Crippen LogP contribution in [0.3, 0.4) is 0 Å². The molecule has 9 N–H and O–H groups in total. The summed E-state index contributed by atoms with van der Waals surface area (Å²) in [5, 5.41) is 27.0. The van der Waals surface area contributed by atoms with Gasteiger partial charge in [0.15, 0.2) is 0 Å². The number of aromatic hydroxyl groups is 1. The first-order valence-electron chi connectivity index (χ1n) is 12.5. The average molecular weight is 528 g/mol. The van der Waals surface area contributed by atoms with Crippen LogP contribution >= 0.6 is 0 Å². The molecule has 0 aromatic heterocycles. The van der Waals surface area contributed by atoms with Gasteiger partial charge in [-0.3, -0.25) is 14.4 Å². The number of unbranched alkanes of at least 4 members (excludes halogenated alkanes) is 1. The Balaban J connectivity index is 2.23. The summed E-state index contributed by atoms with van der Waals surface area (Å²) < 4.78 is 0. The molecule has 0 aliphatic heterocycles. The fraction of sp³-hybridized carbons (Fsp3) is 0.407. The van der Waals surface area contributed by atoms with Gasteiger partial charge in [-0.1, -0.05) is 42.5 Å². The maximum atomic E-state index is 13.3. The van der Waals surface area contributed by atoms with Crippen molar-refractivity contribution in [1.29, 1.82) is 0 Å². The summed E-state index contributed by atoms with van der Waals surface area (Å²) in [6.45, 7) is 1.92. The first kappa shape index (κ1) is 30.3. The Hall–Kier alpha value is -3.96. The van der Waals surface area contributed by atoms with E-state index in [1.54, 1.807) is 36.4 Å². The minimum atomic E-state index is -1.28. The van der Waals surface area contributed by atoms with Crippen LogP contribution in [-0.2, 0) is 32.0 Å². The predicted octanol–water partition coefficient (Wildman–Crippen LogP) is 0.193. The summed E-state index contributed by atoms with van der Waals surface area (Å²) in [5.41, 5.74) is 12.6. The molecule has 0 bridgehead atoms. The van der Waals surface area contributed by atoms with E-state index in [9.17, 15) is 29.4 Å². The molecule has 0 saturated heterocycles. The number of carbonyl (C=O) groups is 4. The molecule has 206 valence electrons. The third kappa shape index (κ3) is 10.2. The van der Waals surface area contributed by atoms with Crippen LogP contribution in [0.1, 0.15) is 37.3 Å². The predicted molar refractivity (Wildman–Crippen MR) is 142 cm³/mol. The van der Waals surface area contributed by atoms with Gasteiger partial charge in [-0.2, -0.15) is 0 Å². The Kier molecular flexibility index (Phi) is 12.2. The van der Waals surface area contributed by atoms with Crippen molar-refractivity contribution in [2.24, 2.45) is 11.5 Å². The first-order valence-corrected chi connectivity index (χ1v) is 12.5. The Bertz CT molecular complexity index is 1060. The fourth-order valence-electron chi connectivity index (χ4n) is 3.74. The molecular weight excluding hydrogens is 490 g/mol. The molecule has 2 rings (SSSR count). The Morgan fingerprint density at radius 2 is 1.29 bits per heavy atom. The second kappa shape index (κ2) is 15.3. The molecule has 2 aromatic carbocycles. The SMILES string of the molecule is CC(N)C(=O)NC(CCCCN)C(=O)NC(Cc1ccccc1)C(=O)NC(Cc1ccc(O)cc1)C(=O)O. The number of rotatable bonds is 15. The smallest absolute Gasteiger partial charge is 0.326 e. The maximum Gasteiger partial charge on any atom is 0.326 e. The van der Waals surface area contributed by atoms with E-state index in [1.807, 2.05) is 6.07 Å². The number of hydrogen-bond acceptors (Lipinski definition) is 7. The van der Waals surface area contributed by atoms with E-state index in [4.69, 9.17) is 11.5 Å². The summed E-state index contributed by atoms with van der Waals surface area (Å²) in [5.74, 6) is -3.00. The van der Waals surface area contributed by atoms with Gasteiger partial charge in [0.25, 0.3) is 0 Å². The van der Waals surface area contributed by atoms with Crippen LogP contribution in [0.15, 0.2) is 54.6 Å². The molecule has 4 atom stereocenters. The number of amides is 3.